The van der Waals surface area contributed by atoms with Crippen molar-refractivity contribution in [3.8, 4) is 0 Å². The van der Waals surface area contributed by atoms with Crippen molar-refractivity contribution in [3.05, 3.63) is 70.1 Å². The SMILES string of the molecule is O=C(O)C(Cc1ccccc1)NC(=O)N1CC2CC(C1)c1cccc(=O)n1C2. The quantitative estimate of drug-likeness (QED) is 0.843. The van der Waals surface area contributed by atoms with E-state index in [9.17, 15) is 19.5 Å². The minimum absolute atomic E-state index is 0.00101. The minimum Gasteiger partial charge on any atom is -0.480 e. The average Bonchev–Trinajstić information content (AvgIpc) is 2.69. The minimum atomic E-state index is -1.05. The first-order chi connectivity index (χ1) is 13.5. The van der Waals surface area contributed by atoms with E-state index in [4.69, 9.17) is 0 Å². The molecule has 2 bridgehead atoms. The number of carboxylic acid groups (broad SMARTS) is 1. The molecule has 2 aromatic rings. The number of nitrogens with zero attached hydrogens (tertiary/aromatic N) is 2. The fourth-order valence-electron chi connectivity index (χ4n) is 4.35. The Balaban J connectivity index is 1.47. The van der Waals surface area contributed by atoms with Crippen LogP contribution in [0.1, 0.15) is 23.6 Å². The normalized spacial score (nSPS) is 21.5. The van der Waals surface area contributed by atoms with Crippen molar-refractivity contribution in [1.29, 1.82) is 0 Å². The van der Waals surface area contributed by atoms with Crippen molar-refractivity contribution in [2.75, 3.05) is 13.1 Å². The third kappa shape index (κ3) is 3.65. The van der Waals surface area contributed by atoms with E-state index in [2.05, 4.69) is 5.32 Å². The molecule has 0 saturated carbocycles. The van der Waals surface area contributed by atoms with Crippen LogP contribution in [0.4, 0.5) is 4.79 Å². The molecule has 0 spiro atoms. The van der Waals surface area contributed by atoms with Crippen LogP contribution in [0, 0.1) is 5.92 Å². The molecule has 2 aliphatic heterocycles. The summed E-state index contributed by atoms with van der Waals surface area (Å²) in [5.74, 6) is -0.745. The number of rotatable bonds is 4. The monoisotopic (exact) mass is 381 g/mol. The second kappa shape index (κ2) is 7.50. The van der Waals surface area contributed by atoms with Gasteiger partial charge in [-0.25, -0.2) is 9.59 Å². The molecule has 2 aliphatic rings. The van der Waals surface area contributed by atoms with Crippen molar-refractivity contribution >= 4 is 12.0 Å². The lowest BCUT2D eigenvalue weighted by Crippen LogP contribution is -2.55. The zero-order chi connectivity index (χ0) is 19.7. The maximum absolute atomic E-state index is 12.8. The highest BCUT2D eigenvalue weighted by atomic mass is 16.4. The number of likely N-dealkylation sites (tertiary alicyclic amines) is 1. The molecule has 1 fully saturated rings. The number of hydrogen-bond donors (Lipinski definition) is 2. The van der Waals surface area contributed by atoms with E-state index in [0.29, 0.717) is 19.6 Å². The Morgan fingerprint density at radius 2 is 1.86 bits per heavy atom. The van der Waals surface area contributed by atoms with Crippen molar-refractivity contribution in [1.82, 2.24) is 14.8 Å². The van der Waals surface area contributed by atoms with E-state index in [0.717, 1.165) is 17.7 Å². The number of aromatic nitrogens is 1. The number of benzene rings is 1. The molecule has 3 unspecified atom stereocenters. The number of urea groups is 1. The highest BCUT2D eigenvalue weighted by molar-refractivity contribution is 5.83. The van der Waals surface area contributed by atoms with E-state index in [-0.39, 0.29) is 29.8 Å². The topological polar surface area (TPSA) is 91.6 Å². The summed E-state index contributed by atoms with van der Waals surface area (Å²) in [5, 5.41) is 12.2. The molecule has 7 heteroatoms. The summed E-state index contributed by atoms with van der Waals surface area (Å²) in [5.41, 5.74) is 1.82. The molecule has 28 heavy (non-hydrogen) atoms. The lowest BCUT2D eigenvalue weighted by molar-refractivity contribution is -0.139. The van der Waals surface area contributed by atoms with Crippen LogP contribution in [0.2, 0.25) is 0 Å². The molecule has 7 nitrogen and oxygen atoms in total. The number of fused-ring (bicyclic) bond motifs is 4. The number of carboxylic acids is 1. The molecule has 1 aromatic heterocycles. The third-order valence-electron chi connectivity index (χ3n) is 5.65. The molecule has 2 N–H and O–H groups in total. The Bertz CT molecular complexity index is 940. The second-order valence-electron chi connectivity index (χ2n) is 7.63. The van der Waals surface area contributed by atoms with Gasteiger partial charge >= 0.3 is 12.0 Å². The lowest BCUT2D eigenvalue weighted by atomic mass is 9.83. The fourth-order valence-corrected chi connectivity index (χ4v) is 4.35. The molecular formula is C21H23N3O4. The highest BCUT2D eigenvalue weighted by Crippen LogP contribution is 2.34. The Morgan fingerprint density at radius 1 is 1.07 bits per heavy atom. The molecule has 1 aromatic carbocycles. The van der Waals surface area contributed by atoms with Crippen molar-refractivity contribution in [2.45, 2.75) is 31.3 Å². The van der Waals surface area contributed by atoms with E-state index >= 15 is 0 Å². The number of hydrogen-bond acceptors (Lipinski definition) is 3. The summed E-state index contributed by atoms with van der Waals surface area (Å²) in [6.07, 6.45) is 1.18. The molecule has 0 radical (unpaired) electrons. The van der Waals surface area contributed by atoms with Crippen LogP contribution >= 0.6 is 0 Å². The smallest absolute Gasteiger partial charge is 0.326 e. The number of nitrogens with one attached hydrogen (secondary N) is 1. The van der Waals surface area contributed by atoms with Gasteiger partial charge in [-0.05, 0) is 24.0 Å². The fraction of sp³-hybridized carbons (Fsp3) is 0.381. The Kier molecular flexibility index (Phi) is 4.90. The molecule has 2 amide bonds. The van der Waals surface area contributed by atoms with Gasteiger partial charge in [0, 0.05) is 43.7 Å². The molecule has 0 aliphatic carbocycles. The summed E-state index contributed by atoms with van der Waals surface area (Å²) in [7, 11) is 0. The molecule has 146 valence electrons. The maximum Gasteiger partial charge on any atom is 0.326 e. The molecule has 3 heterocycles. The third-order valence-corrected chi connectivity index (χ3v) is 5.65. The zero-order valence-electron chi connectivity index (χ0n) is 15.5. The van der Waals surface area contributed by atoms with Gasteiger partial charge in [0.2, 0.25) is 0 Å². The van der Waals surface area contributed by atoms with Crippen LogP contribution in [-0.2, 0) is 17.8 Å². The summed E-state index contributed by atoms with van der Waals surface area (Å²) in [6.45, 7) is 1.62. The number of carbonyl (C=O) groups excluding carboxylic acids is 1. The average molecular weight is 381 g/mol. The largest absolute Gasteiger partial charge is 0.480 e. The summed E-state index contributed by atoms with van der Waals surface area (Å²) in [6, 6.07) is 13.2. The molecular weight excluding hydrogens is 358 g/mol. The first kappa shape index (κ1) is 18.3. The van der Waals surface area contributed by atoms with Crippen LogP contribution in [0.25, 0.3) is 0 Å². The van der Waals surface area contributed by atoms with Gasteiger partial charge in [-0.3, -0.25) is 4.79 Å². The van der Waals surface area contributed by atoms with E-state index in [1.165, 1.54) is 0 Å². The summed E-state index contributed by atoms with van der Waals surface area (Å²) in [4.78, 5) is 38.2. The van der Waals surface area contributed by atoms with Crippen molar-refractivity contribution in [2.24, 2.45) is 5.92 Å². The van der Waals surface area contributed by atoms with Gasteiger partial charge in [-0.2, -0.15) is 0 Å². The molecule has 1 saturated heterocycles. The van der Waals surface area contributed by atoms with Crippen molar-refractivity contribution in [3.63, 3.8) is 0 Å². The predicted octanol–water partition coefficient (Wildman–Crippen LogP) is 1.67. The van der Waals surface area contributed by atoms with Gasteiger partial charge in [-0.15, -0.1) is 0 Å². The molecule has 3 atom stereocenters. The molecule has 4 rings (SSSR count). The van der Waals surface area contributed by atoms with Crippen LogP contribution in [0.5, 0.6) is 0 Å². The Morgan fingerprint density at radius 3 is 2.61 bits per heavy atom. The van der Waals surface area contributed by atoms with Crippen LogP contribution in [0.3, 0.4) is 0 Å². The zero-order valence-corrected chi connectivity index (χ0v) is 15.5. The lowest BCUT2D eigenvalue weighted by Gasteiger charge is -2.42. The van der Waals surface area contributed by atoms with Gasteiger partial charge < -0.3 is 19.9 Å². The highest BCUT2D eigenvalue weighted by Gasteiger charge is 2.37. The van der Waals surface area contributed by atoms with E-state index in [1.54, 1.807) is 17.0 Å². The Labute approximate surface area is 162 Å². The number of piperidine rings is 1. The summed E-state index contributed by atoms with van der Waals surface area (Å²) < 4.78 is 1.81. The van der Waals surface area contributed by atoms with Gasteiger partial charge in [-0.1, -0.05) is 36.4 Å². The number of pyridine rings is 1. The van der Waals surface area contributed by atoms with Gasteiger partial charge in [0.05, 0.1) is 0 Å². The van der Waals surface area contributed by atoms with Crippen LogP contribution < -0.4 is 10.9 Å². The first-order valence-corrected chi connectivity index (χ1v) is 9.53. The van der Waals surface area contributed by atoms with Crippen LogP contribution in [0.15, 0.2) is 53.3 Å². The predicted molar refractivity (Wildman–Crippen MR) is 103 cm³/mol. The Hall–Kier alpha value is -3.09. The van der Waals surface area contributed by atoms with Gasteiger partial charge in [0.15, 0.2) is 0 Å². The van der Waals surface area contributed by atoms with Gasteiger partial charge in [0.1, 0.15) is 6.04 Å². The number of carbonyl (C=O) groups is 2. The number of aliphatic carboxylic acids is 1. The standard InChI is InChI=1S/C21H23N3O4/c25-19-8-4-7-18-16-9-15(12-24(18)19)11-23(13-16)21(28)22-17(20(26)27)10-14-5-2-1-3-6-14/h1-8,15-17H,9-13H2,(H,22,28)(H,26,27). The number of amides is 2. The first-order valence-electron chi connectivity index (χ1n) is 9.53. The second-order valence-corrected chi connectivity index (χ2v) is 7.63. The van der Waals surface area contributed by atoms with Crippen LogP contribution in [-0.4, -0.2) is 45.7 Å². The maximum atomic E-state index is 12.8. The summed E-state index contributed by atoms with van der Waals surface area (Å²) >= 11 is 0. The van der Waals surface area contributed by atoms with Gasteiger partial charge in [0.25, 0.3) is 5.56 Å². The van der Waals surface area contributed by atoms with E-state index in [1.807, 2.05) is 41.0 Å². The van der Waals surface area contributed by atoms with E-state index < -0.39 is 12.0 Å². The van der Waals surface area contributed by atoms with Crippen molar-refractivity contribution < 1.29 is 14.7 Å².